The van der Waals surface area contributed by atoms with Crippen LogP contribution in [0.3, 0.4) is 0 Å². The van der Waals surface area contributed by atoms with Crippen LogP contribution in [0.5, 0.6) is 0 Å². The van der Waals surface area contributed by atoms with Crippen molar-refractivity contribution in [2.45, 2.75) is 31.2 Å². The van der Waals surface area contributed by atoms with Crippen molar-refractivity contribution in [3.63, 3.8) is 0 Å². The van der Waals surface area contributed by atoms with E-state index in [9.17, 15) is 8.42 Å². The zero-order valence-electron chi connectivity index (χ0n) is 13.7. The lowest BCUT2D eigenvalue weighted by Crippen LogP contribution is -2.49. The number of hydrogen-bond acceptors (Lipinski definition) is 4. The van der Waals surface area contributed by atoms with Gasteiger partial charge in [-0.05, 0) is 24.5 Å². The molecule has 0 unspecified atom stereocenters. The Labute approximate surface area is 144 Å². The average molecular weight is 361 g/mol. The maximum absolute atomic E-state index is 12.5. The molecule has 1 saturated heterocycles. The summed E-state index contributed by atoms with van der Waals surface area (Å²) in [6, 6.07) is 6.67. The van der Waals surface area contributed by atoms with E-state index in [1.807, 2.05) is 0 Å². The van der Waals surface area contributed by atoms with Crippen LogP contribution >= 0.6 is 11.6 Å². The van der Waals surface area contributed by atoms with Gasteiger partial charge in [0.15, 0.2) is 0 Å². The van der Waals surface area contributed by atoms with Crippen LogP contribution < -0.4 is 4.72 Å². The maximum Gasteiger partial charge on any atom is 0.242 e. The van der Waals surface area contributed by atoms with Crippen LogP contribution in [0, 0.1) is 5.92 Å². The van der Waals surface area contributed by atoms with Crippen molar-refractivity contribution in [3.8, 4) is 0 Å². The van der Waals surface area contributed by atoms with Gasteiger partial charge < -0.3 is 4.74 Å². The Hall–Kier alpha value is -0.660. The van der Waals surface area contributed by atoms with Crippen molar-refractivity contribution in [2.75, 3.05) is 32.8 Å². The van der Waals surface area contributed by atoms with Gasteiger partial charge in [-0.3, -0.25) is 4.90 Å². The van der Waals surface area contributed by atoms with Gasteiger partial charge in [0.25, 0.3) is 0 Å². The first kappa shape index (κ1) is 18.7. The van der Waals surface area contributed by atoms with Gasteiger partial charge in [-0.1, -0.05) is 37.6 Å². The second-order valence-electron chi connectivity index (χ2n) is 6.21. The van der Waals surface area contributed by atoms with Gasteiger partial charge in [0.2, 0.25) is 10.0 Å². The van der Waals surface area contributed by atoms with Crippen molar-refractivity contribution in [1.29, 1.82) is 0 Å². The van der Waals surface area contributed by atoms with E-state index in [2.05, 4.69) is 23.5 Å². The smallest absolute Gasteiger partial charge is 0.242 e. The van der Waals surface area contributed by atoms with Gasteiger partial charge in [0.05, 0.1) is 18.2 Å². The molecule has 1 atom stereocenters. The molecule has 0 radical (unpaired) electrons. The predicted octanol–water partition coefficient (Wildman–Crippen LogP) is 2.37. The highest BCUT2D eigenvalue weighted by atomic mass is 35.5. The minimum atomic E-state index is -3.60. The fraction of sp³-hybridized carbons (Fsp3) is 0.625. The van der Waals surface area contributed by atoms with E-state index in [1.54, 1.807) is 18.2 Å². The first-order valence-electron chi connectivity index (χ1n) is 7.96. The molecule has 2 rings (SSSR count). The minimum absolute atomic E-state index is 0.131. The molecule has 1 aliphatic rings. The molecule has 7 heteroatoms. The number of ether oxygens (including phenoxy) is 1. The van der Waals surface area contributed by atoms with Crippen LogP contribution in [0.25, 0.3) is 0 Å². The maximum atomic E-state index is 12.5. The van der Waals surface area contributed by atoms with Crippen LogP contribution in [-0.2, 0) is 14.8 Å². The van der Waals surface area contributed by atoms with Crippen LogP contribution in [-0.4, -0.2) is 52.2 Å². The molecule has 23 heavy (non-hydrogen) atoms. The Morgan fingerprint density at radius 1 is 1.26 bits per heavy atom. The normalized spacial score (nSPS) is 18.3. The molecule has 0 spiro atoms. The van der Waals surface area contributed by atoms with Crippen molar-refractivity contribution < 1.29 is 13.2 Å². The van der Waals surface area contributed by atoms with Gasteiger partial charge in [-0.25, -0.2) is 13.1 Å². The summed E-state index contributed by atoms with van der Waals surface area (Å²) >= 11 is 6.01. The first-order valence-corrected chi connectivity index (χ1v) is 9.82. The lowest BCUT2D eigenvalue weighted by Gasteiger charge is -2.35. The van der Waals surface area contributed by atoms with E-state index >= 15 is 0 Å². The van der Waals surface area contributed by atoms with Crippen LogP contribution in [0.1, 0.15) is 20.3 Å². The highest BCUT2D eigenvalue weighted by molar-refractivity contribution is 7.89. The number of hydrogen-bond donors (Lipinski definition) is 1. The fourth-order valence-electron chi connectivity index (χ4n) is 2.79. The zero-order valence-corrected chi connectivity index (χ0v) is 15.2. The van der Waals surface area contributed by atoms with Crippen molar-refractivity contribution >= 4 is 21.6 Å². The average Bonchev–Trinajstić information content (AvgIpc) is 2.52. The number of nitrogens with one attached hydrogen (secondary N) is 1. The highest BCUT2D eigenvalue weighted by Crippen LogP contribution is 2.21. The molecular weight excluding hydrogens is 336 g/mol. The molecule has 1 aromatic carbocycles. The number of sulfonamides is 1. The molecule has 0 saturated carbocycles. The van der Waals surface area contributed by atoms with E-state index in [0.717, 1.165) is 19.5 Å². The number of rotatable bonds is 7. The van der Waals surface area contributed by atoms with E-state index in [-0.39, 0.29) is 16.0 Å². The number of halogens is 1. The Balaban J connectivity index is 2.06. The molecule has 0 bridgehead atoms. The van der Waals surface area contributed by atoms with E-state index in [0.29, 0.717) is 25.7 Å². The Morgan fingerprint density at radius 2 is 1.91 bits per heavy atom. The zero-order chi connectivity index (χ0) is 16.9. The minimum Gasteiger partial charge on any atom is -0.379 e. The first-order chi connectivity index (χ1) is 10.9. The van der Waals surface area contributed by atoms with Crippen molar-refractivity contribution in [3.05, 3.63) is 29.3 Å². The standard InChI is InChI=1S/C16H25ClN2O3S/c1-13(2)11-14(19-7-9-22-10-8-19)12-18-23(20,21)16-6-4-3-5-15(16)17/h3-6,13-14,18H,7-12H2,1-2H3/t14-/m0/s1. The summed E-state index contributed by atoms with van der Waals surface area (Å²) in [5, 5.41) is 0.242. The topological polar surface area (TPSA) is 58.6 Å². The fourth-order valence-corrected chi connectivity index (χ4v) is 4.38. The molecule has 0 aliphatic carbocycles. The second-order valence-corrected chi connectivity index (χ2v) is 8.36. The Morgan fingerprint density at radius 3 is 2.52 bits per heavy atom. The lowest BCUT2D eigenvalue weighted by molar-refractivity contribution is 0.0134. The summed E-state index contributed by atoms with van der Waals surface area (Å²) in [7, 11) is -3.60. The summed E-state index contributed by atoms with van der Waals surface area (Å²) in [5.41, 5.74) is 0. The second kappa shape index (κ2) is 8.44. The summed E-state index contributed by atoms with van der Waals surface area (Å²) in [5.74, 6) is 0.493. The lowest BCUT2D eigenvalue weighted by atomic mass is 10.0. The molecule has 1 heterocycles. The summed E-state index contributed by atoms with van der Waals surface area (Å²) < 4.78 is 33.1. The summed E-state index contributed by atoms with van der Waals surface area (Å²) in [4.78, 5) is 2.44. The molecule has 0 aromatic heterocycles. The number of morpholine rings is 1. The van der Waals surface area contributed by atoms with Crippen molar-refractivity contribution in [2.24, 2.45) is 5.92 Å². The van der Waals surface area contributed by atoms with Gasteiger partial charge >= 0.3 is 0 Å². The molecule has 0 amide bonds. The van der Waals surface area contributed by atoms with Crippen LogP contribution in [0.2, 0.25) is 5.02 Å². The van der Waals surface area contributed by atoms with E-state index in [1.165, 1.54) is 6.07 Å². The van der Waals surface area contributed by atoms with Gasteiger partial charge in [0.1, 0.15) is 4.90 Å². The molecule has 1 aromatic rings. The van der Waals surface area contributed by atoms with E-state index < -0.39 is 10.0 Å². The molecular formula is C16H25ClN2O3S. The predicted molar refractivity (Wildman–Crippen MR) is 92.3 cm³/mol. The SMILES string of the molecule is CC(C)C[C@@H](CNS(=O)(=O)c1ccccc1Cl)N1CCOCC1. The third kappa shape index (κ3) is 5.43. The third-order valence-electron chi connectivity index (χ3n) is 3.94. The third-order valence-corrected chi connectivity index (χ3v) is 5.86. The molecule has 5 nitrogen and oxygen atoms in total. The van der Waals surface area contributed by atoms with Crippen molar-refractivity contribution in [1.82, 2.24) is 9.62 Å². The Bertz CT molecular complexity index is 601. The molecule has 1 aliphatic heterocycles. The Kier molecular flexibility index (Phi) is 6.85. The summed E-state index contributed by atoms with van der Waals surface area (Å²) in [6.45, 7) is 7.76. The molecule has 130 valence electrons. The van der Waals surface area contributed by atoms with Gasteiger partial charge in [0, 0.05) is 25.7 Å². The van der Waals surface area contributed by atoms with Gasteiger partial charge in [-0.2, -0.15) is 0 Å². The van der Waals surface area contributed by atoms with Crippen LogP contribution in [0.15, 0.2) is 29.2 Å². The van der Waals surface area contributed by atoms with Crippen LogP contribution in [0.4, 0.5) is 0 Å². The number of benzene rings is 1. The van der Waals surface area contributed by atoms with Gasteiger partial charge in [-0.15, -0.1) is 0 Å². The largest absolute Gasteiger partial charge is 0.379 e. The number of nitrogens with zero attached hydrogens (tertiary/aromatic N) is 1. The molecule has 1 fully saturated rings. The summed E-state index contributed by atoms with van der Waals surface area (Å²) in [6.07, 6.45) is 0.936. The quantitative estimate of drug-likeness (QED) is 0.811. The highest BCUT2D eigenvalue weighted by Gasteiger charge is 2.25. The van der Waals surface area contributed by atoms with E-state index in [4.69, 9.17) is 16.3 Å². The monoisotopic (exact) mass is 360 g/mol. The molecule has 1 N–H and O–H groups in total.